The monoisotopic (exact) mass is 632 g/mol. The van der Waals surface area contributed by atoms with Gasteiger partial charge in [0.1, 0.15) is 5.75 Å². The van der Waals surface area contributed by atoms with Crippen LogP contribution < -0.4 is 19.3 Å². The SMILES string of the molecule is CCCCN(CCCC)c1ccc2c(c1OC(C)=O)Oc1ccc(CN(C(C)=O)c3ccccc3)cc1C21OC(=O)c2ccccc21. The molecule has 8 nitrogen and oxygen atoms in total. The number of benzene rings is 4. The van der Waals surface area contributed by atoms with Gasteiger partial charge in [-0.3, -0.25) is 9.59 Å². The van der Waals surface area contributed by atoms with E-state index in [1.807, 2.05) is 78.9 Å². The molecule has 0 radical (unpaired) electrons. The molecule has 1 amide bonds. The van der Waals surface area contributed by atoms with E-state index in [-0.39, 0.29) is 5.91 Å². The molecule has 0 bridgehead atoms. The highest BCUT2D eigenvalue weighted by molar-refractivity contribution is 5.97. The molecule has 1 atom stereocenters. The van der Waals surface area contributed by atoms with Crippen LogP contribution >= 0.6 is 0 Å². The lowest BCUT2D eigenvalue weighted by Crippen LogP contribution is -2.34. The van der Waals surface area contributed by atoms with Crippen LogP contribution in [0.5, 0.6) is 17.2 Å². The van der Waals surface area contributed by atoms with Crippen molar-refractivity contribution in [1.82, 2.24) is 0 Å². The fraction of sp³-hybridized carbons (Fsp3) is 0.308. The Bertz CT molecular complexity index is 1810. The van der Waals surface area contributed by atoms with Gasteiger partial charge in [0.15, 0.2) is 17.1 Å². The first-order valence-electron chi connectivity index (χ1n) is 16.4. The van der Waals surface area contributed by atoms with E-state index < -0.39 is 17.5 Å². The lowest BCUT2D eigenvalue weighted by Gasteiger charge is -2.38. The van der Waals surface area contributed by atoms with Crippen LogP contribution in [0.1, 0.15) is 86.0 Å². The lowest BCUT2D eigenvalue weighted by atomic mass is 9.77. The van der Waals surface area contributed by atoms with E-state index in [1.54, 1.807) is 17.9 Å². The summed E-state index contributed by atoms with van der Waals surface area (Å²) in [7, 11) is 0. The minimum atomic E-state index is -1.37. The van der Waals surface area contributed by atoms with E-state index in [2.05, 4.69) is 18.7 Å². The number of amides is 1. The van der Waals surface area contributed by atoms with Gasteiger partial charge in [0, 0.05) is 43.8 Å². The fourth-order valence-electron chi connectivity index (χ4n) is 6.56. The van der Waals surface area contributed by atoms with Crippen molar-refractivity contribution >= 4 is 29.2 Å². The van der Waals surface area contributed by atoms with E-state index in [0.29, 0.717) is 46.0 Å². The van der Waals surface area contributed by atoms with Gasteiger partial charge in [0.05, 0.1) is 23.4 Å². The number of carbonyl (C=O) groups excluding carboxylic acids is 3. The smallest absolute Gasteiger partial charge is 0.340 e. The molecule has 2 aliphatic rings. The van der Waals surface area contributed by atoms with E-state index in [1.165, 1.54) is 6.92 Å². The summed E-state index contributed by atoms with van der Waals surface area (Å²) in [5, 5.41) is 0. The second kappa shape index (κ2) is 13.3. The molecule has 47 heavy (non-hydrogen) atoms. The summed E-state index contributed by atoms with van der Waals surface area (Å²) in [5.74, 6) is 0.0957. The molecule has 4 aromatic carbocycles. The van der Waals surface area contributed by atoms with Gasteiger partial charge < -0.3 is 24.0 Å². The molecule has 1 spiro atoms. The largest absolute Gasteiger partial charge is 0.452 e. The van der Waals surface area contributed by atoms with Gasteiger partial charge in [-0.15, -0.1) is 0 Å². The van der Waals surface area contributed by atoms with E-state index in [0.717, 1.165) is 55.7 Å². The van der Waals surface area contributed by atoms with Crippen LogP contribution in [0, 0.1) is 0 Å². The highest BCUT2D eigenvalue weighted by Gasteiger charge is 2.54. The van der Waals surface area contributed by atoms with Crippen LogP contribution in [0.4, 0.5) is 11.4 Å². The van der Waals surface area contributed by atoms with Gasteiger partial charge >= 0.3 is 11.9 Å². The summed E-state index contributed by atoms with van der Waals surface area (Å²) in [6.07, 6.45) is 3.98. The molecule has 4 aromatic rings. The zero-order valence-electron chi connectivity index (χ0n) is 27.4. The van der Waals surface area contributed by atoms with Crippen molar-refractivity contribution in [3.8, 4) is 17.2 Å². The maximum Gasteiger partial charge on any atom is 0.340 e. The van der Waals surface area contributed by atoms with Gasteiger partial charge in [-0.25, -0.2) is 4.79 Å². The number of fused-ring (bicyclic) bond motifs is 6. The quantitative estimate of drug-likeness (QED) is 0.122. The first kappa shape index (κ1) is 31.9. The number of ether oxygens (including phenoxy) is 3. The minimum absolute atomic E-state index is 0.0999. The average Bonchev–Trinajstić information content (AvgIpc) is 3.37. The molecule has 1 unspecified atom stereocenters. The zero-order chi connectivity index (χ0) is 33.1. The normalized spacial score (nSPS) is 15.6. The molecule has 0 aliphatic carbocycles. The average molecular weight is 633 g/mol. The van der Waals surface area contributed by atoms with E-state index in [4.69, 9.17) is 14.2 Å². The molecule has 0 aromatic heterocycles. The van der Waals surface area contributed by atoms with Crippen molar-refractivity contribution in [2.24, 2.45) is 0 Å². The predicted octanol–water partition coefficient (Wildman–Crippen LogP) is 8.14. The molecule has 6 rings (SSSR count). The lowest BCUT2D eigenvalue weighted by molar-refractivity contribution is -0.132. The molecular weight excluding hydrogens is 592 g/mol. The standard InChI is InChI=1S/C39H40N2O6/c1-5-7-22-40(23-8-6-2)34-20-19-32-36(37(34)45-27(4)43)46-35-21-18-28(25-41(26(3)42)29-14-10-9-11-15-29)24-33(35)39(32)31-17-13-12-16-30(31)38(44)47-39/h9-21,24H,5-8,22-23,25H2,1-4H3. The van der Waals surface area contributed by atoms with Crippen LogP contribution in [-0.2, 0) is 26.5 Å². The third-order valence-corrected chi connectivity index (χ3v) is 8.82. The highest BCUT2D eigenvalue weighted by Crippen LogP contribution is 2.59. The van der Waals surface area contributed by atoms with E-state index in [9.17, 15) is 14.4 Å². The second-order valence-corrected chi connectivity index (χ2v) is 12.1. The number of rotatable bonds is 11. The maximum atomic E-state index is 13.6. The summed E-state index contributed by atoms with van der Waals surface area (Å²) >= 11 is 0. The van der Waals surface area contributed by atoms with Crippen molar-refractivity contribution in [2.45, 2.75) is 65.5 Å². The third kappa shape index (κ3) is 5.84. The van der Waals surface area contributed by atoms with Crippen molar-refractivity contribution in [3.63, 3.8) is 0 Å². The Morgan fingerprint density at radius 2 is 1.51 bits per heavy atom. The van der Waals surface area contributed by atoms with Crippen molar-refractivity contribution in [1.29, 1.82) is 0 Å². The zero-order valence-corrected chi connectivity index (χ0v) is 27.4. The Kier molecular flexibility index (Phi) is 9.03. The number of hydrogen-bond acceptors (Lipinski definition) is 7. The Morgan fingerprint density at radius 1 is 0.809 bits per heavy atom. The first-order chi connectivity index (χ1) is 22.8. The third-order valence-electron chi connectivity index (χ3n) is 8.82. The number of nitrogens with zero attached hydrogens (tertiary/aromatic N) is 2. The number of esters is 2. The number of para-hydroxylation sites is 1. The van der Waals surface area contributed by atoms with Crippen LogP contribution in [0.25, 0.3) is 0 Å². The van der Waals surface area contributed by atoms with Crippen LogP contribution in [0.15, 0.2) is 84.9 Å². The Morgan fingerprint density at radius 3 is 2.19 bits per heavy atom. The Hall–Kier alpha value is -5.11. The Labute approximate surface area is 275 Å². The van der Waals surface area contributed by atoms with Gasteiger partial charge in [-0.2, -0.15) is 0 Å². The van der Waals surface area contributed by atoms with Gasteiger partial charge in [-0.05, 0) is 60.9 Å². The number of unbranched alkanes of at least 4 members (excludes halogenated alkanes) is 2. The van der Waals surface area contributed by atoms with Gasteiger partial charge in [0.25, 0.3) is 0 Å². The number of anilines is 2. The predicted molar refractivity (Wildman–Crippen MR) is 181 cm³/mol. The molecule has 0 N–H and O–H groups in total. The van der Waals surface area contributed by atoms with Crippen molar-refractivity contribution < 1.29 is 28.6 Å². The van der Waals surface area contributed by atoms with E-state index >= 15 is 0 Å². The molecule has 0 fully saturated rings. The van der Waals surface area contributed by atoms with Crippen LogP contribution in [0.3, 0.4) is 0 Å². The molecular formula is C39H40N2O6. The summed E-state index contributed by atoms with van der Waals surface area (Å²) in [5.41, 5.74) is 3.33. The molecule has 2 heterocycles. The number of carbonyl (C=O) groups is 3. The number of hydrogen-bond donors (Lipinski definition) is 0. The van der Waals surface area contributed by atoms with Crippen molar-refractivity contribution in [3.05, 3.63) is 113 Å². The van der Waals surface area contributed by atoms with Gasteiger partial charge in [-0.1, -0.05) is 69.2 Å². The summed E-state index contributed by atoms with van der Waals surface area (Å²) in [6.45, 7) is 9.10. The van der Waals surface area contributed by atoms with Gasteiger partial charge in [0.2, 0.25) is 5.91 Å². The molecule has 0 saturated heterocycles. The summed E-state index contributed by atoms with van der Waals surface area (Å²) < 4.78 is 19.1. The summed E-state index contributed by atoms with van der Waals surface area (Å²) in [6, 6.07) is 26.4. The molecule has 8 heteroatoms. The molecule has 242 valence electrons. The van der Waals surface area contributed by atoms with Crippen LogP contribution in [-0.4, -0.2) is 30.9 Å². The first-order valence-corrected chi connectivity index (χ1v) is 16.4. The minimum Gasteiger partial charge on any atom is -0.452 e. The molecule has 2 aliphatic heterocycles. The summed E-state index contributed by atoms with van der Waals surface area (Å²) in [4.78, 5) is 42.9. The van der Waals surface area contributed by atoms with Crippen molar-refractivity contribution in [2.75, 3.05) is 22.9 Å². The Balaban J connectivity index is 1.55. The highest BCUT2D eigenvalue weighted by atomic mass is 16.6. The topological polar surface area (TPSA) is 85.4 Å². The fourth-order valence-corrected chi connectivity index (χ4v) is 6.56. The second-order valence-electron chi connectivity index (χ2n) is 12.1. The van der Waals surface area contributed by atoms with Crippen LogP contribution in [0.2, 0.25) is 0 Å². The maximum absolute atomic E-state index is 13.6. The molecule has 0 saturated carbocycles.